The second-order valence-electron chi connectivity index (χ2n) is 5.14. The van der Waals surface area contributed by atoms with Gasteiger partial charge in [0.05, 0.1) is 18.0 Å². The Morgan fingerprint density at radius 3 is 2.25 bits per heavy atom. The highest BCUT2D eigenvalue weighted by molar-refractivity contribution is 6.30. The van der Waals surface area contributed by atoms with Gasteiger partial charge in [-0.2, -0.15) is 0 Å². The molecule has 0 radical (unpaired) electrons. The van der Waals surface area contributed by atoms with Crippen LogP contribution < -0.4 is 5.69 Å². The zero-order valence-corrected chi connectivity index (χ0v) is 13.2. The lowest BCUT2D eigenvalue weighted by atomic mass is 10.0. The normalized spacial score (nSPS) is 16.4. The predicted molar refractivity (Wildman–Crippen MR) is 84.9 cm³/mol. The van der Waals surface area contributed by atoms with E-state index in [2.05, 4.69) is 4.98 Å². The van der Waals surface area contributed by atoms with Crippen LogP contribution in [0.5, 0.6) is 0 Å². The Morgan fingerprint density at radius 2 is 1.67 bits per heavy atom. The summed E-state index contributed by atoms with van der Waals surface area (Å²) in [4.78, 5) is 15.7. The van der Waals surface area contributed by atoms with Crippen LogP contribution in [0.4, 0.5) is 0 Å². The highest BCUT2D eigenvalue weighted by atomic mass is 35.5. The van der Waals surface area contributed by atoms with E-state index in [9.17, 15) is 25.2 Å². The molecule has 5 N–H and O–H groups in total. The van der Waals surface area contributed by atoms with Gasteiger partial charge in [0.25, 0.3) is 0 Å². The number of aromatic nitrogens is 2. The molecule has 1 heterocycles. The molecule has 2 rings (SSSR count). The van der Waals surface area contributed by atoms with Crippen molar-refractivity contribution in [2.75, 3.05) is 6.61 Å². The standard InChI is InChI=1S/C15H17ClN2O6/c16-8-1-3-9(4-2-8)18-10(5-6-17-15(18)24)12(21)14(23)13(22)11(20)7-19/h1-6,11-14,19-23H,7H2/t11-,12?,13+,14+/m1/s1. The van der Waals surface area contributed by atoms with Gasteiger partial charge >= 0.3 is 5.69 Å². The van der Waals surface area contributed by atoms with E-state index >= 15 is 0 Å². The van der Waals surface area contributed by atoms with E-state index in [4.69, 9.17) is 16.7 Å². The molecule has 4 atom stereocenters. The van der Waals surface area contributed by atoms with E-state index in [0.717, 1.165) is 10.8 Å². The van der Waals surface area contributed by atoms with Crippen molar-refractivity contribution in [2.24, 2.45) is 0 Å². The summed E-state index contributed by atoms with van der Waals surface area (Å²) < 4.78 is 1.04. The van der Waals surface area contributed by atoms with Gasteiger partial charge < -0.3 is 25.5 Å². The summed E-state index contributed by atoms with van der Waals surface area (Å²) >= 11 is 5.81. The van der Waals surface area contributed by atoms with Crippen LogP contribution in [0, 0.1) is 0 Å². The topological polar surface area (TPSA) is 136 Å². The summed E-state index contributed by atoms with van der Waals surface area (Å²) in [5, 5.41) is 48.7. The van der Waals surface area contributed by atoms with Gasteiger partial charge in [-0.1, -0.05) is 11.6 Å². The minimum atomic E-state index is -1.84. The third-order valence-electron chi connectivity index (χ3n) is 3.52. The Balaban J connectivity index is 2.45. The van der Waals surface area contributed by atoms with Crippen LogP contribution in [0.3, 0.4) is 0 Å². The van der Waals surface area contributed by atoms with Crippen molar-refractivity contribution in [2.45, 2.75) is 24.4 Å². The lowest BCUT2D eigenvalue weighted by Gasteiger charge is -2.27. The Labute approximate surface area is 141 Å². The van der Waals surface area contributed by atoms with Crippen LogP contribution in [0.25, 0.3) is 5.69 Å². The molecule has 0 spiro atoms. The van der Waals surface area contributed by atoms with Gasteiger partial charge in [-0.15, -0.1) is 0 Å². The molecule has 0 amide bonds. The molecular formula is C15H17ClN2O6. The second-order valence-corrected chi connectivity index (χ2v) is 5.58. The minimum absolute atomic E-state index is 0.0472. The molecule has 9 heteroatoms. The van der Waals surface area contributed by atoms with Crippen molar-refractivity contribution < 1.29 is 25.5 Å². The smallest absolute Gasteiger partial charge is 0.352 e. The van der Waals surface area contributed by atoms with Gasteiger partial charge in [-0.3, -0.25) is 4.57 Å². The molecule has 0 aliphatic carbocycles. The summed E-state index contributed by atoms with van der Waals surface area (Å²) in [5.41, 5.74) is -0.414. The summed E-state index contributed by atoms with van der Waals surface area (Å²) in [6.07, 6.45) is -5.87. The summed E-state index contributed by atoms with van der Waals surface area (Å²) in [7, 11) is 0. The van der Waals surface area contributed by atoms with Crippen LogP contribution in [0.1, 0.15) is 11.8 Å². The molecule has 1 aromatic heterocycles. The fourth-order valence-corrected chi connectivity index (χ4v) is 2.32. The summed E-state index contributed by atoms with van der Waals surface area (Å²) in [6, 6.07) is 7.41. The molecule has 0 saturated heterocycles. The number of halogens is 1. The Kier molecular flexibility index (Phi) is 6.05. The van der Waals surface area contributed by atoms with Gasteiger partial charge in [0.15, 0.2) is 0 Å². The van der Waals surface area contributed by atoms with Crippen LogP contribution in [-0.4, -0.2) is 60.0 Å². The molecule has 130 valence electrons. The predicted octanol–water partition coefficient (Wildman–Crippen LogP) is -1.01. The molecular weight excluding hydrogens is 340 g/mol. The lowest BCUT2D eigenvalue weighted by Crippen LogP contribution is -2.43. The second kappa shape index (κ2) is 7.84. The molecule has 1 unspecified atom stereocenters. The zero-order valence-electron chi connectivity index (χ0n) is 12.4. The number of rotatable bonds is 6. The van der Waals surface area contributed by atoms with Gasteiger partial charge in [0.1, 0.15) is 24.4 Å². The third-order valence-corrected chi connectivity index (χ3v) is 3.77. The highest BCUT2D eigenvalue weighted by Crippen LogP contribution is 2.22. The monoisotopic (exact) mass is 356 g/mol. The quantitative estimate of drug-likeness (QED) is 0.447. The molecule has 0 saturated carbocycles. The summed E-state index contributed by atoms with van der Waals surface area (Å²) in [6.45, 7) is -0.800. The van der Waals surface area contributed by atoms with Gasteiger partial charge in [0.2, 0.25) is 0 Å². The molecule has 0 aliphatic heterocycles. The Morgan fingerprint density at radius 1 is 1.04 bits per heavy atom. The summed E-state index contributed by atoms with van der Waals surface area (Å²) in [5.74, 6) is 0. The van der Waals surface area contributed by atoms with E-state index in [1.165, 1.54) is 30.3 Å². The maximum absolute atomic E-state index is 12.1. The van der Waals surface area contributed by atoms with Crippen molar-refractivity contribution >= 4 is 11.6 Å². The maximum atomic E-state index is 12.1. The number of hydrogen-bond donors (Lipinski definition) is 5. The molecule has 0 bridgehead atoms. The average molecular weight is 357 g/mol. The van der Waals surface area contributed by atoms with Crippen LogP contribution >= 0.6 is 11.6 Å². The van der Waals surface area contributed by atoms with Crippen molar-refractivity contribution in [1.82, 2.24) is 9.55 Å². The largest absolute Gasteiger partial charge is 0.394 e. The van der Waals surface area contributed by atoms with E-state index in [1.54, 1.807) is 0 Å². The van der Waals surface area contributed by atoms with Crippen molar-refractivity contribution in [3.05, 3.63) is 57.7 Å². The Hall–Kier alpha value is -1.81. The Bertz CT molecular complexity index is 735. The molecule has 1 aromatic carbocycles. The number of hydrogen-bond acceptors (Lipinski definition) is 7. The van der Waals surface area contributed by atoms with E-state index in [-0.39, 0.29) is 5.69 Å². The maximum Gasteiger partial charge on any atom is 0.352 e. The fourth-order valence-electron chi connectivity index (χ4n) is 2.20. The molecule has 0 aliphatic rings. The molecule has 2 aromatic rings. The highest BCUT2D eigenvalue weighted by Gasteiger charge is 2.32. The average Bonchev–Trinajstić information content (AvgIpc) is 2.59. The van der Waals surface area contributed by atoms with Crippen molar-refractivity contribution in [1.29, 1.82) is 0 Å². The first-order chi connectivity index (χ1) is 11.4. The van der Waals surface area contributed by atoms with E-state index in [0.29, 0.717) is 10.7 Å². The van der Waals surface area contributed by atoms with Gasteiger partial charge in [-0.05, 0) is 30.3 Å². The number of aliphatic hydroxyl groups excluding tert-OH is 5. The first-order valence-corrected chi connectivity index (χ1v) is 7.41. The van der Waals surface area contributed by atoms with Crippen molar-refractivity contribution in [3.63, 3.8) is 0 Å². The van der Waals surface area contributed by atoms with E-state index < -0.39 is 36.7 Å². The van der Waals surface area contributed by atoms with Crippen LogP contribution in [0.2, 0.25) is 5.02 Å². The van der Waals surface area contributed by atoms with Gasteiger partial charge in [-0.25, -0.2) is 9.78 Å². The lowest BCUT2D eigenvalue weighted by molar-refractivity contribution is -0.117. The van der Waals surface area contributed by atoms with E-state index in [1.807, 2.05) is 0 Å². The minimum Gasteiger partial charge on any atom is -0.394 e. The first kappa shape index (κ1) is 18.5. The van der Waals surface area contributed by atoms with Gasteiger partial charge in [0, 0.05) is 11.2 Å². The molecule has 0 fully saturated rings. The first-order valence-electron chi connectivity index (χ1n) is 7.04. The fraction of sp³-hybridized carbons (Fsp3) is 0.333. The molecule has 8 nitrogen and oxygen atoms in total. The zero-order chi connectivity index (χ0) is 17.9. The van der Waals surface area contributed by atoms with Crippen LogP contribution in [-0.2, 0) is 0 Å². The SMILES string of the molecule is O=c1nccc(C(O)[C@H](O)[C@@H](O)[C@H](O)CO)n1-c1ccc(Cl)cc1. The third kappa shape index (κ3) is 3.81. The number of benzene rings is 1. The van der Waals surface area contributed by atoms with Crippen molar-refractivity contribution in [3.8, 4) is 5.69 Å². The number of nitrogens with zero attached hydrogens (tertiary/aromatic N) is 2. The number of aliphatic hydroxyl groups is 5. The van der Waals surface area contributed by atoms with Crippen LogP contribution in [0.15, 0.2) is 41.3 Å². The molecule has 24 heavy (non-hydrogen) atoms.